The lowest BCUT2D eigenvalue weighted by molar-refractivity contribution is -0.122. The van der Waals surface area contributed by atoms with Crippen LogP contribution in [-0.2, 0) is 4.79 Å². The van der Waals surface area contributed by atoms with Gasteiger partial charge in [0.1, 0.15) is 0 Å². The molecule has 116 valence electrons. The van der Waals surface area contributed by atoms with Crippen molar-refractivity contribution >= 4 is 5.91 Å². The number of rotatable bonds is 7. The van der Waals surface area contributed by atoms with Crippen molar-refractivity contribution in [3.63, 3.8) is 0 Å². The first-order chi connectivity index (χ1) is 10.6. The molecule has 2 heterocycles. The summed E-state index contributed by atoms with van der Waals surface area (Å²) < 4.78 is 5.40. The van der Waals surface area contributed by atoms with Crippen LogP contribution >= 0.6 is 0 Å². The topological polar surface area (TPSA) is 92.7 Å². The summed E-state index contributed by atoms with van der Waals surface area (Å²) in [5.41, 5.74) is -0.382. The smallest absolute Gasteiger partial charge is 0.220 e. The first-order valence-electron chi connectivity index (χ1n) is 7.57. The second-order valence-electron chi connectivity index (χ2n) is 5.98. The molecule has 0 unspecified atom stereocenters. The van der Waals surface area contributed by atoms with Gasteiger partial charge in [-0.15, -0.1) is 22.5 Å². The van der Waals surface area contributed by atoms with E-state index in [1.54, 1.807) is 6.92 Å². The molecule has 1 amide bonds. The number of aryl methyl sites for hydroxylation is 1. The standard InChI is InChI=1S/C15H19N5O2/c1-3-4-6-15(19-20-15)7-5-13(21)16-12-8-11(9-12)14-18-17-10(2)22-14/h1,11-12H,4-9H2,2H3,(H,16,21). The molecule has 2 aliphatic rings. The zero-order valence-electron chi connectivity index (χ0n) is 12.6. The van der Waals surface area contributed by atoms with Gasteiger partial charge in [-0.05, 0) is 12.8 Å². The number of nitrogens with one attached hydrogen (secondary N) is 1. The van der Waals surface area contributed by atoms with Crippen molar-refractivity contribution in [3.05, 3.63) is 11.8 Å². The van der Waals surface area contributed by atoms with E-state index >= 15 is 0 Å². The number of carbonyl (C=O) groups is 1. The summed E-state index contributed by atoms with van der Waals surface area (Å²) in [6, 6.07) is 0.194. The van der Waals surface area contributed by atoms with Crippen LogP contribution in [0.25, 0.3) is 0 Å². The van der Waals surface area contributed by atoms with Crippen molar-refractivity contribution in [1.82, 2.24) is 15.5 Å². The van der Waals surface area contributed by atoms with Crippen LogP contribution in [0.5, 0.6) is 0 Å². The van der Waals surface area contributed by atoms with Gasteiger partial charge >= 0.3 is 0 Å². The quantitative estimate of drug-likeness (QED) is 0.780. The molecule has 1 aromatic heterocycles. The third kappa shape index (κ3) is 3.32. The maximum absolute atomic E-state index is 12.0. The van der Waals surface area contributed by atoms with E-state index in [0.29, 0.717) is 31.0 Å². The Morgan fingerprint density at radius 1 is 1.41 bits per heavy atom. The van der Waals surface area contributed by atoms with Crippen LogP contribution in [0.3, 0.4) is 0 Å². The largest absolute Gasteiger partial charge is 0.425 e. The Labute approximate surface area is 129 Å². The zero-order chi connectivity index (χ0) is 15.6. The maximum Gasteiger partial charge on any atom is 0.220 e. The summed E-state index contributed by atoms with van der Waals surface area (Å²) in [6.45, 7) is 1.78. The number of terminal acetylenes is 1. The van der Waals surface area contributed by atoms with Gasteiger partial charge in [-0.25, -0.2) is 0 Å². The molecule has 0 spiro atoms. The second kappa shape index (κ2) is 5.87. The molecule has 0 radical (unpaired) electrons. The van der Waals surface area contributed by atoms with E-state index in [9.17, 15) is 4.79 Å². The number of aromatic nitrogens is 2. The highest BCUT2D eigenvalue weighted by Gasteiger charge is 2.40. The van der Waals surface area contributed by atoms with Crippen LogP contribution in [0.1, 0.15) is 56.2 Å². The number of carbonyl (C=O) groups excluding carboxylic acids is 1. The molecule has 7 heteroatoms. The molecule has 0 atom stereocenters. The van der Waals surface area contributed by atoms with Crippen molar-refractivity contribution < 1.29 is 9.21 Å². The fourth-order valence-electron chi connectivity index (χ4n) is 2.70. The summed E-state index contributed by atoms with van der Waals surface area (Å²) in [7, 11) is 0. The van der Waals surface area contributed by atoms with Gasteiger partial charge in [-0.1, -0.05) is 0 Å². The van der Waals surface area contributed by atoms with Gasteiger partial charge in [0.25, 0.3) is 0 Å². The van der Waals surface area contributed by atoms with Crippen LogP contribution in [0.15, 0.2) is 14.6 Å². The van der Waals surface area contributed by atoms with E-state index in [2.05, 4.69) is 31.7 Å². The van der Waals surface area contributed by atoms with E-state index in [-0.39, 0.29) is 23.5 Å². The second-order valence-corrected chi connectivity index (χ2v) is 5.98. The minimum Gasteiger partial charge on any atom is -0.425 e. The molecule has 22 heavy (non-hydrogen) atoms. The van der Waals surface area contributed by atoms with Crippen LogP contribution in [0, 0.1) is 19.3 Å². The van der Waals surface area contributed by atoms with Gasteiger partial charge in [0, 0.05) is 44.6 Å². The molecule has 3 rings (SSSR count). The molecule has 1 aliphatic carbocycles. The predicted molar refractivity (Wildman–Crippen MR) is 77.8 cm³/mol. The van der Waals surface area contributed by atoms with E-state index in [4.69, 9.17) is 10.8 Å². The Balaban J connectivity index is 1.35. The molecule has 0 bridgehead atoms. The fourth-order valence-corrected chi connectivity index (χ4v) is 2.70. The maximum atomic E-state index is 12.0. The highest BCUT2D eigenvalue weighted by Crippen LogP contribution is 2.38. The minimum absolute atomic E-state index is 0.0440. The van der Waals surface area contributed by atoms with E-state index in [1.165, 1.54) is 0 Å². The Morgan fingerprint density at radius 3 is 2.77 bits per heavy atom. The normalized spacial score (nSPS) is 24.4. The summed E-state index contributed by atoms with van der Waals surface area (Å²) >= 11 is 0. The van der Waals surface area contributed by atoms with Gasteiger partial charge in [-0.2, -0.15) is 10.2 Å². The molecule has 1 saturated carbocycles. The molecule has 1 fully saturated rings. The SMILES string of the molecule is C#CCCC1(CCC(=O)NC2CC(c3nnc(C)o3)C2)N=N1. The van der Waals surface area contributed by atoms with E-state index < -0.39 is 0 Å². The van der Waals surface area contributed by atoms with Gasteiger partial charge in [-0.3, -0.25) is 4.79 Å². The van der Waals surface area contributed by atoms with Crippen LogP contribution in [0.4, 0.5) is 0 Å². The van der Waals surface area contributed by atoms with Crippen molar-refractivity contribution in [2.75, 3.05) is 0 Å². The van der Waals surface area contributed by atoms with E-state index in [1.807, 2.05) is 0 Å². The predicted octanol–water partition coefficient (Wildman–Crippen LogP) is 2.10. The third-order valence-corrected chi connectivity index (χ3v) is 4.20. The Bertz CT molecular complexity index is 618. The van der Waals surface area contributed by atoms with Gasteiger partial charge in [0.05, 0.1) is 0 Å². The zero-order valence-corrected chi connectivity index (χ0v) is 12.6. The molecule has 1 N–H and O–H groups in total. The van der Waals surface area contributed by atoms with Crippen LogP contribution < -0.4 is 5.32 Å². The lowest BCUT2D eigenvalue weighted by atomic mass is 9.80. The summed E-state index contributed by atoms with van der Waals surface area (Å²) in [4.78, 5) is 12.0. The molecule has 0 saturated heterocycles. The number of hydrogen-bond acceptors (Lipinski definition) is 6. The molecule has 1 aliphatic heterocycles. The summed E-state index contributed by atoms with van der Waals surface area (Å²) in [6.07, 6.45) is 9.39. The van der Waals surface area contributed by atoms with Crippen molar-refractivity contribution in [2.24, 2.45) is 10.2 Å². The van der Waals surface area contributed by atoms with Crippen molar-refractivity contribution in [2.45, 2.75) is 63.1 Å². The highest BCUT2D eigenvalue weighted by atomic mass is 16.4. The number of nitrogens with zero attached hydrogens (tertiary/aromatic N) is 4. The lowest BCUT2D eigenvalue weighted by Gasteiger charge is -2.33. The summed E-state index contributed by atoms with van der Waals surface area (Å²) in [5, 5.41) is 18.9. The average molecular weight is 301 g/mol. The first kappa shape index (κ1) is 14.7. The average Bonchev–Trinajstić information content (AvgIpc) is 3.12. The molecular weight excluding hydrogens is 282 g/mol. The highest BCUT2D eigenvalue weighted by molar-refractivity contribution is 5.76. The van der Waals surface area contributed by atoms with Gasteiger partial charge in [0.2, 0.25) is 17.7 Å². The van der Waals surface area contributed by atoms with Crippen LogP contribution in [-0.4, -0.2) is 27.8 Å². The molecule has 7 nitrogen and oxygen atoms in total. The van der Waals surface area contributed by atoms with Gasteiger partial charge in [0.15, 0.2) is 5.66 Å². The molecular formula is C15H19N5O2. The molecule has 0 aromatic carbocycles. The first-order valence-corrected chi connectivity index (χ1v) is 7.57. The number of hydrogen-bond donors (Lipinski definition) is 1. The van der Waals surface area contributed by atoms with Gasteiger partial charge < -0.3 is 9.73 Å². The molecule has 1 aromatic rings. The van der Waals surface area contributed by atoms with Crippen molar-refractivity contribution in [1.29, 1.82) is 0 Å². The number of amides is 1. The van der Waals surface area contributed by atoms with Crippen LogP contribution in [0.2, 0.25) is 0 Å². The Hall–Kier alpha value is -2.23. The fraction of sp³-hybridized carbons (Fsp3) is 0.667. The monoisotopic (exact) mass is 301 g/mol. The third-order valence-electron chi connectivity index (χ3n) is 4.20. The van der Waals surface area contributed by atoms with Crippen molar-refractivity contribution in [3.8, 4) is 12.3 Å². The Morgan fingerprint density at radius 2 is 2.18 bits per heavy atom. The lowest BCUT2D eigenvalue weighted by Crippen LogP contribution is -2.43. The minimum atomic E-state index is -0.382. The summed E-state index contributed by atoms with van der Waals surface area (Å²) in [5.74, 6) is 4.15. The van der Waals surface area contributed by atoms with E-state index in [0.717, 1.165) is 19.3 Å². The Kier molecular flexibility index (Phi) is 3.92.